The van der Waals surface area contributed by atoms with E-state index in [0.29, 0.717) is 0 Å². The number of benzene rings is 1. The van der Waals surface area contributed by atoms with Crippen LogP contribution in [0, 0.1) is 20.8 Å². The third-order valence-corrected chi connectivity index (χ3v) is 3.97. The lowest BCUT2D eigenvalue weighted by atomic mass is 9.97. The minimum atomic E-state index is 1.22. The fourth-order valence-electron chi connectivity index (χ4n) is 3.06. The highest BCUT2D eigenvalue weighted by Crippen LogP contribution is 2.18. The Bertz CT molecular complexity index is 352. The number of hydrogen-bond acceptors (Lipinski definition) is 1. The molecule has 1 aromatic rings. The highest BCUT2D eigenvalue weighted by Gasteiger charge is 2.11. The summed E-state index contributed by atoms with van der Waals surface area (Å²) in [6, 6.07) is 4.64. The van der Waals surface area contributed by atoms with Gasteiger partial charge >= 0.3 is 0 Å². The minimum Gasteiger partial charge on any atom is -0.303 e. The second-order valence-corrected chi connectivity index (χ2v) is 5.53. The summed E-state index contributed by atoms with van der Waals surface area (Å²) < 4.78 is 0. The average Bonchev–Trinajstić information content (AvgIpc) is 2.29. The molecule has 1 aliphatic rings. The molecule has 0 bridgehead atoms. The van der Waals surface area contributed by atoms with Crippen LogP contribution in [0.15, 0.2) is 12.1 Å². The van der Waals surface area contributed by atoms with Gasteiger partial charge in [0, 0.05) is 6.54 Å². The van der Waals surface area contributed by atoms with Crippen molar-refractivity contribution in [2.45, 2.75) is 46.5 Å². The Morgan fingerprint density at radius 1 is 0.941 bits per heavy atom. The third-order valence-electron chi connectivity index (χ3n) is 3.97. The van der Waals surface area contributed by atoms with Crippen LogP contribution >= 0.6 is 0 Å². The van der Waals surface area contributed by atoms with E-state index in [1.165, 1.54) is 62.0 Å². The molecule has 2 rings (SSSR count). The van der Waals surface area contributed by atoms with Gasteiger partial charge in [0.1, 0.15) is 0 Å². The summed E-state index contributed by atoms with van der Waals surface area (Å²) in [6.07, 6.45) is 5.44. The summed E-state index contributed by atoms with van der Waals surface area (Å²) in [7, 11) is 0. The Hall–Kier alpha value is -0.820. The van der Waals surface area contributed by atoms with Crippen molar-refractivity contribution in [2.24, 2.45) is 0 Å². The maximum absolute atomic E-state index is 2.63. The quantitative estimate of drug-likeness (QED) is 0.767. The summed E-state index contributed by atoms with van der Waals surface area (Å²) in [5, 5.41) is 0. The molecule has 0 atom stereocenters. The predicted molar refractivity (Wildman–Crippen MR) is 74.6 cm³/mol. The van der Waals surface area contributed by atoms with Gasteiger partial charge in [0.25, 0.3) is 0 Å². The standard InChI is InChI=1S/C16H25N/c1-13-11-14(2)16(15(3)12-13)7-10-17-8-5-4-6-9-17/h11-12H,4-10H2,1-3H3. The zero-order chi connectivity index (χ0) is 12.3. The average molecular weight is 231 g/mol. The van der Waals surface area contributed by atoms with Crippen molar-refractivity contribution < 1.29 is 0 Å². The first-order valence-electron chi connectivity index (χ1n) is 6.96. The Balaban J connectivity index is 1.98. The number of aryl methyl sites for hydroxylation is 3. The first kappa shape index (κ1) is 12.6. The molecule has 0 amide bonds. The van der Waals surface area contributed by atoms with Crippen molar-refractivity contribution >= 4 is 0 Å². The van der Waals surface area contributed by atoms with E-state index >= 15 is 0 Å². The third kappa shape index (κ3) is 3.32. The van der Waals surface area contributed by atoms with Gasteiger partial charge in [-0.15, -0.1) is 0 Å². The van der Waals surface area contributed by atoms with E-state index in [9.17, 15) is 0 Å². The Morgan fingerprint density at radius 2 is 1.53 bits per heavy atom. The van der Waals surface area contributed by atoms with Gasteiger partial charge in [-0.25, -0.2) is 0 Å². The number of piperidine rings is 1. The molecule has 0 N–H and O–H groups in total. The van der Waals surface area contributed by atoms with Gasteiger partial charge in [-0.05, 0) is 69.8 Å². The summed E-state index contributed by atoms with van der Waals surface area (Å²) in [6.45, 7) is 10.6. The lowest BCUT2D eigenvalue weighted by Gasteiger charge is -2.27. The molecule has 0 unspecified atom stereocenters. The monoisotopic (exact) mass is 231 g/mol. The highest BCUT2D eigenvalue weighted by atomic mass is 15.1. The molecule has 1 aromatic carbocycles. The van der Waals surface area contributed by atoms with E-state index in [2.05, 4.69) is 37.8 Å². The molecular weight excluding hydrogens is 206 g/mol. The first-order chi connectivity index (χ1) is 8.16. The van der Waals surface area contributed by atoms with Gasteiger partial charge in [-0.3, -0.25) is 0 Å². The van der Waals surface area contributed by atoms with Crippen molar-refractivity contribution in [3.8, 4) is 0 Å². The molecule has 94 valence electrons. The summed E-state index contributed by atoms with van der Waals surface area (Å²) >= 11 is 0. The predicted octanol–water partition coefficient (Wildman–Crippen LogP) is 3.64. The van der Waals surface area contributed by atoms with E-state index in [1.54, 1.807) is 5.56 Å². The summed E-state index contributed by atoms with van der Waals surface area (Å²) in [4.78, 5) is 2.63. The molecule has 1 nitrogen and oxygen atoms in total. The Kier molecular flexibility index (Phi) is 4.22. The normalized spacial score (nSPS) is 17.4. The Labute approximate surface area is 106 Å². The van der Waals surface area contributed by atoms with Gasteiger partial charge in [0.15, 0.2) is 0 Å². The van der Waals surface area contributed by atoms with Crippen molar-refractivity contribution in [3.05, 3.63) is 34.4 Å². The second kappa shape index (κ2) is 5.68. The van der Waals surface area contributed by atoms with Crippen LogP contribution in [-0.4, -0.2) is 24.5 Å². The van der Waals surface area contributed by atoms with E-state index < -0.39 is 0 Å². The number of likely N-dealkylation sites (tertiary alicyclic amines) is 1. The smallest absolute Gasteiger partial charge is 0.00220 e. The molecule has 0 aromatic heterocycles. The molecule has 1 fully saturated rings. The molecule has 1 heteroatoms. The van der Waals surface area contributed by atoms with Crippen LogP contribution in [-0.2, 0) is 6.42 Å². The van der Waals surface area contributed by atoms with Crippen LogP contribution in [0.3, 0.4) is 0 Å². The molecule has 0 aliphatic carbocycles. The lowest BCUT2D eigenvalue weighted by Crippen LogP contribution is -2.31. The zero-order valence-corrected chi connectivity index (χ0v) is 11.6. The largest absolute Gasteiger partial charge is 0.303 e. The van der Waals surface area contributed by atoms with Crippen molar-refractivity contribution in [1.82, 2.24) is 4.90 Å². The molecule has 1 aliphatic heterocycles. The molecule has 1 heterocycles. The zero-order valence-electron chi connectivity index (χ0n) is 11.6. The highest BCUT2D eigenvalue weighted by molar-refractivity contribution is 5.37. The Morgan fingerprint density at radius 3 is 2.12 bits per heavy atom. The SMILES string of the molecule is Cc1cc(C)c(CCN2CCCCC2)c(C)c1. The van der Waals surface area contributed by atoms with Gasteiger partial charge in [0.05, 0.1) is 0 Å². The van der Waals surface area contributed by atoms with Gasteiger partial charge < -0.3 is 4.90 Å². The van der Waals surface area contributed by atoms with Crippen molar-refractivity contribution in [2.75, 3.05) is 19.6 Å². The van der Waals surface area contributed by atoms with Crippen LogP contribution in [0.1, 0.15) is 41.5 Å². The van der Waals surface area contributed by atoms with E-state index in [0.717, 1.165) is 0 Å². The molecule has 1 saturated heterocycles. The summed E-state index contributed by atoms with van der Waals surface area (Å²) in [5.74, 6) is 0. The molecule has 0 saturated carbocycles. The first-order valence-corrected chi connectivity index (χ1v) is 6.96. The minimum absolute atomic E-state index is 1.22. The number of rotatable bonds is 3. The van der Waals surface area contributed by atoms with Gasteiger partial charge in [0.2, 0.25) is 0 Å². The molecule has 0 radical (unpaired) electrons. The maximum Gasteiger partial charge on any atom is 0.00220 e. The van der Waals surface area contributed by atoms with Crippen LogP contribution in [0.4, 0.5) is 0 Å². The second-order valence-electron chi connectivity index (χ2n) is 5.53. The molecular formula is C16H25N. The van der Waals surface area contributed by atoms with Crippen molar-refractivity contribution in [3.63, 3.8) is 0 Å². The van der Waals surface area contributed by atoms with Crippen LogP contribution < -0.4 is 0 Å². The van der Waals surface area contributed by atoms with Gasteiger partial charge in [-0.1, -0.05) is 24.1 Å². The number of hydrogen-bond donors (Lipinski definition) is 0. The fraction of sp³-hybridized carbons (Fsp3) is 0.625. The van der Waals surface area contributed by atoms with E-state index in [4.69, 9.17) is 0 Å². The maximum atomic E-state index is 2.63. The van der Waals surface area contributed by atoms with Gasteiger partial charge in [-0.2, -0.15) is 0 Å². The number of nitrogens with zero attached hydrogens (tertiary/aromatic N) is 1. The van der Waals surface area contributed by atoms with E-state index in [-0.39, 0.29) is 0 Å². The van der Waals surface area contributed by atoms with E-state index in [1.807, 2.05) is 0 Å². The fourth-order valence-corrected chi connectivity index (χ4v) is 3.06. The van der Waals surface area contributed by atoms with Crippen LogP contribution in [0.2, 0.25) is 0 Å². The van der Waals surface area contributed by atoms with Crippen molar-refractivity contribution in [1.29, 1.82) is 0 Å². The molecule has 0 spiro atoms. The molecule has 17 heavy (non-hydrogen) atoms. The van der Waals surface area contributed by atoms with Crippen LogP contribution in [0.25, 0.3) is 0 Å². The van der Waals surface area contributed by atoms with Crippen LogP contribution in [0.5, 0.6) is 0 Å². The summed E-state index contributed by atoms with van der Waals surface area (Å²) in [5.41, 5.74) is 5.90. The topological polar surface area (TPSA) is 3.24 Å². The lowest BCUT2D eigenvalue weighted by molar-refractivity contribution is 0.231.